The van der Waals surface area contributed by atoms with E-state index in [1.165, 1.54) is 5.69 Å². The van der Waals surface area contributed by atoms with E-state index in [4.69, 9.17) is 11.6 Å². The molecule has 0 amide bonds. The summed E-state index contributed by atoms with van der Waals surface area (Å²) in [6.45, 7) is 6.46. The Balaban J connectivity index is 1.12. The molecule has 30 heavy (non-hydrogen) atoms. The van der Waals surface area contributed by atoms with Crippen molar-refractivity contribution in [3.8, 4) is 0 Å². The Morgan fingerprint density at radius 3 is 2.60 bits per heavy atom. The lowest BCUT2D eigenvalue weighted by molar-refractivity contribution is -0.626. The highest BCUT2D eigenvalue weighted by Gasteiger charge is 2.36. The lowest BCUT2D eigenvalue weighted by Gasteiger charge is -2.36. The van der Waals surface area contributed by atoms with Gasteiger partial charge in [0.1, 0.15) is 5.69 Å². The normalized spacial score (nSPS) is 18.8. The second-order valence-electron chi connectivity index (χ2n) is 7.98. The largest absolute Gasteiger partial charge is 0.692 e. The Hall–Kier alpha value is -2.70. The molecule has 2 aromatic carbocycles. The quantitative estimate of drug-likeness (QED) is 0.543. The molecule has 0 radical (unpaired) electrons. The van der Waals surface area contributed by atoms with Crippen LogP contribution in [0.5, 0.6) is 0 Å². The molecule has 0 unspecified atom stereocenters. The molecule has 3 aliphatic heterocycles. The van der Waals surface area contributed by atoms with Crippen molar-refractivity contribution < 1.29 is 4.85 Å². The van der Waals surface area contributed by atoms with Gasteiger partial charge in [0.05, 0.1) is 6.54 Å². The number of hydrazine groups is 1. The highest BCUT2D eigenvalue weighted by molar-refractivity contribution is 6.30. The molecule has 156 valence electrons. The zero-order chi connectivity index (χ0) is 20.5. The number of anilines is 2. The molecule has 1 fully saturated rings. The van der Waals surface area contributed by atoms with Crippen molar-refractivity contribution in [2.45, 2.75) is 6.42 Å². The van der Waals surface area contributed by atoms with Gasteiger partial charge in [0.25, 0.3) is 0 Å². The summed E-state index contributed by atoms with van der Waals surface area (Å²) in [7, 11) is 0. The van der Waals surface area contributed by atoms with E-state index >= 15 is 0 Å². The molecule has 2 aromatic rings. The zero-order valence-corrected chi connectivity index (χ0v) is 17.7. The maximum Gasteiger partial charge on any atom is 0.305 e. The summed E-state index contributed by atoms with van der Waals surface area (Å²) in [5, 5.41) is 15.4. The van der Waals surface area contributed by atoms with E-state index in [9.17, 15) is 5.21 Å². The van der Waals surface area contributed by atoms with Crippen LogP contribution in [0.3, 0.4) is 0 Å². The summed E-state index contributed by atoms with van der Waals surface area (Å²) >= 11 is 6.13. The molecule has 3 aliphatic rings. The van der Waals surface area contributed by atoms with Gasteiger partial charge in [-0.3, -0.25) is 4.90 Å². The molecule has 3 heterocycles. The van der Waals surface area contributed by atoms with Crippen molar-refractivity contribution in [3.63, 3.8) is 0 Å². The van der Waals surface area contributed by atoms with Crippen LogP contribution in [0.2, 0.25) is 5.02 Å². The first-order chi connectivity index (χ1) is 14.7. The van der Waals surface area contributed by atoms with E-state index in [2.05, 4.69) is 32.9 Å². The Bertz CT molecular complexity index is 983. The molecular weight excluding hydrogens is 398 g/mol. The molecule has 0 atom stereocenters. The molecule has 6 nitrogen and oxygen atoms in total. The van der Waals surface area contributed by atoms with Crippen LogP contribution in [0, 0.1) is 5.21 Å². The van der Waals surface area contributed by atoms with Crippen molar-refractivity contribution in [3.05, 3.63) is 70.4 Å². The van der Waals surface area contributed by atoms with Crippen molar-refractivity contribution in [1.29, 1.82) is 0 Å². The first-order valence-corrected chi connectivity index (χ1v) is 10.9. The van der Waals surface area contributed by atoms with Crippen LogP contribution in [0.15, 0.2) is 54.6 Å². The summed E-state index contributed by atoms with van der Waals surface area (Å²) in [6, 6.07) is 16.3. The van der Waals surface area contributed by atoms with Crippen LogP contribution in [-0.4, -0.2) is 66.5 Å². The molecule has 1 saturated heterocycles. The topological polar surface area (TPSA) is 39.0 Å². The Labute approximate surface area is 182 Å². The number of fused-ring (bicyclic) bond motifs is 3. The van der Waals surface area contributed by atoms with Crippen LogP contribution in [-0.2, 0) is 0 Å². The minimum Gasteiger partial charge on any atom is -0.692 e. The second kappa shape index (κ2) is 8.20. The summed E-state index contributed by atoms with van der Waals surface area (Å²) in [6.07, 6.45) is 4.92. The maximum atomic E-state index is 12.7. The van der Waals surface area contributed by atoms with E-state index in [0.29, 0.717) is 12.5 Å². The van der Waals surface area contributed by atoms with E-state index in [0.717, 1.165) is 66.8 Å². The molecule has 0 bridgehead atoms. The smallest absolute Gasteiger partial charge is 0.305 e. The highest BCUT2D eigenvalue weighted by Crippen LogP contribution is 2.29. The predicted molar refractivity (Wildman–Crippen MR) is 123 cm³/mol. The number of halogens is 1. The Morgan fingerprint density at radius 1 is 0.933 bits per heavy atom. The number of amidine groups is 1. The van der Waals surface area contributed by atoms with Gasteiger partial charge in [-0.25, -0.2) is 9.91 Å². The number of hydrogen-bond acceptors (Lipinski definition) is 5. The summed E-state index contributed by atoms with van der Waals surface area (Å²) in [4.78, 5) is 8.04. The summed E-state index contributed by atoms with van der Waals surface area (Å²) < 4.78 is 0. The number of piperazine rings is 1. The number of hydrogen-bond donors (Lipinski definition) is 0. The lowest BCUT2D eigenvalue weighted by atomic mass is 10.1. The average molecular weight is 424 g/mol. The van der Waals surface area contributed by atoms with Gasteiger partial charge in [0.15, 0.2) is 6.67 Å². The molecule has 5 rings (SSSR count). The van der Waals surface area contributed by atoms with Gasteiger partial charge in [-0.15, -0.1) is 0 Å². The van der Waals surface area contributed by atoms with E-state index in [1.807, 2.05) is 47.5 Å². The standard InChI is InChI=1S/C23H26ClN5O/c24-20-6-3-7-21(17-20)26-15-13-25(14-16-26)11-4-12-27-18-28-22-8-2-1-5-19(22)9-10-23(28)29(27)30/h1-3,5-10,17H,4,11-16,18H2. The monoisotopic (exact) mass is 423 g/mol. The minimum atomic E-state index is 0.614. The fourth-order valence-electron chi connectivity index (χ4n) is 4.47. The van der Waals surface area contributed by atoms with Gasteiger partial charge in [0.2, 0.25) is 0 Å². The number of nitrogens with zero attached hydrogens (tertiary/aromatic N) is 5. The van der Waals surface area contributed by atoms with Gasteiger partial charge in [0, 0.05) is 55.1 Å². The van der Waals surface area contributed by atoms with Crippen LogP contribution < -0.4 is 9.80 Å². The lowest BCUT2D eigenvalue weighted by Crippen LogP contribution is -2.47. The van der Waals surface area contributed by atoms with Crippen LogP contribution in [0.1, 0.15) is 12.0 Å². The Morgan fingerprint density at radius 2 is 1.77 bits per heavy atom. The van der Waals surface area contributed by atoms with Gasteiger partial charge in [-0.05, 0) is 36.8 Å². The fraction of sp³-hybridized carbons (Fsp3) is 0.348. The van der Waals surface area contributed by atoms with Gasteiger partial charge < -0.3 is 10.1 Å². The predicted octanol–water partition coefficient (Wildman–Crippen LogP) is 3.48. The number of hydrazone groups is 1. The number of para-hydroxylation sites is 1. The third-order valence-corrected chi connectivity index (χ3v) is 6.34. The molecule has 0 aromatic heterocycles. The SMILES string of the molecule is [O-][N+]1=C2C=Cc3ccccc3N2CN1CCCN1CCN(c2cccc(Cl)c2)CC1. The van der Waals surface area contributed by atoms with Crippen molar-refractivity contribution in [1.82, 2.24) is 9.91 Å². The summed E-state index contributed by atoms with van der Waals surface area (Å²) in [5.74, 6) is 0.712. The van der Waals surface area contributed by atoms with Crippen LogP contribution in [0.25, 0.3) is 6.08 Å². The van der Waals surface area contributed by atoms with Crippen LogP contribution in [0.4, 0.5) is 11.4 Å². The number of benzene rings is 2. The summed E-state index contributed by atoms with van der Waals surface area (Å²) in [5.41, 5.74) is 3.47. The van der Waals surface area contributed by atoms with Crippen molar-refractivity contribution >= 4 is 34.9 Å². The van der Waals surface area contributed by atoms with Gasteiger partial charge >= 0.3 is 5.84 Å². The molecule has 0 N–H and O–H groups in total. The second-order valence-corrected chi connectivity index (χ2v) is 8.42. The first kappa shape index (κ1) is 19.3. The third-order valence-electron chi connectivity index (χ3n) is 6.11. The van der Waals surface area contributed by atoms with E-state index < -0.39 is 0 Å². The minimum absolute atomic E-state index is 0.614. The van der Waals surface area contributed by atoms with E-state index in [1.54, 1.807) is 0 Å². The van der Waals surface area contributed by atoms with Gasteiger partial charge in [-0.1, -0.05) is 35.9 Å². The highest BCUT2D eigenvalue weighted by atomic mass is 35.5. The Kier molecular flexibility index (Phi) is 5.27. The fourth-order valence-corrected chi connectivity index (χ4v) is 4.66. The first-order valence-electron chi connectivity index (χ1n) is 10.6. The molecule has 0 saturated carbocycles. The average Bonchev–Trinajstić information content (AvgIpc) is 3.10. The molecule has 0 spiro atoms. The third kappa shape index (κ3) is 3.73. The molecule has 7 heteroatoms. The molecular formula is C23H26ClN5O. The van der Waals surface area contributed by atoms with Crippen molar-refractivity contribution in [2.75, 3.05) is 55.7 Å². The van der Waals surface area contributed by atoms with Crippen molar-refractivity contribution in [2.24, 2.45) is 0 Å². The zero-order valence-electron chi connectivity index (χ0n) is 17.0. The maximum absolute atomic E-state index is 12.7. The molecule has 0 aliphatic carbocycles. The van der Waals surface area contributed by atoms with Gasteiger partial charge in [-0.2, -0.15) is 4.85 Å². The number of rotatable bonds is 5. The van der Waals surface area contributed by atoms with Crippen LogP contribution >= 0.6 is 11.6 Å². The van der Waals surface area contributed by atoms with E-state index in [-0.39, 0.29) is 0 Å².